The third-order valence-electron chi connectivity index (χ3n) is 5.33. The number of thiophene rings is 1. The Morgan fingerprint density at radius 1 is 1.13 bits per heavy atom. The van der Waals surface area contributed by atoms with Crippen molar-refractivity contribution < 1.29 is 14.3 Å². The predicted octanol–water partition coefficient (Wildman–Crippen LogP) is 6.36. The first-order valence-corrected chi connectivity index (χ1v) is 11.7. The van der Waals surface area contributed by atoms with Crippen LogP contribution in [0.25, 0.3) is 6.08 Å². The number of fused-ring (bicyclic) bond motifs is 1. The molecule has 0 saturated heterocycles. The molecule has 160 valence electrons. The molecule has 1 N–H and O–H groups in total. The van der Waals surface area contributed by atoms with Crippen molar-refractivity contribution in [1.29, 1.82) is 0 Å². The second-order valence-corrected chi connectivity index (χ2v) is 9.15. The second-order valence-electron chi connectivity index (χ2n) is 8.05. The van der Waals surface area contributed by atoms with E-state index in [4.69, 9.17) is 4.74 Å². The van der Waals surface area contributed by atoms with Crippen LogP contribution in [0.3, 0.4) is 0 Å². The molecule has 1 aliphatic carbocycles. The summed E-state index contributed by atoms with van der Waals surface area (Å²) in [5.74, 6) is -0.0741. The topological polar surface area (TPSA) is 55.4 Å². The smallest absolute Gasteiger partial charge is 0.341 e. The molecule has 0 bridgehead atoms. The number of carbonyl (C=O) groups excluding carboxylic acids is 2. The first kappa shape index (κ1) is 22.3. The zero-order chi connectivity index (χ0) is 21.5. The Balaban J connectivity index is 1.77. The minimum Gasteiger partial charge on any atom is -0.462 e. The van der Waals surface area contributed by atoms with E-state index in [1.807, 2.05) is 19.1 Å². The summed E-state index contributed by atoms with van der Waals surface area (Å²) in [6.45, 7) is 6.68. The van der Waals surface area contributed by atoms with E-state index in [9.17, 15) is 9.59 Å². The molecule has 3 rings (SSSR count). The summed E-state index contributed by atoms with van der Waals surface area (Å²) in [5, 5.41) is 3.56. The van der Waals surface area contributed by atoms with Gasteiger partial charge in [0.05, 0.1) is 12.2 Å². The van der Waals surface area contributed by atoms with E-state index in [1.54, 1.807) is 6.08 Å². The number of aryl methyl sites for hydroxylation is 1. The molecule has 0 fully saturated rings. The maximum absolute atomic E-state index is 12.7. The average Bonchev–Trinajstić information content (AvgIpc) is 2.91. The summed E-state index contributed by atoms with van der Waals surface area (Å²) in [6, 6.07) is 8.20. The molecule has 1 aliphatic rings. The van der Waals surface area contributed by atoms with Crippen LogP contribution in [0.4, 0.5) is 5.00 Å². The van der Waals surface area contributed by atoms with Crippen molar-refractivity contribution in [2.24, 2.45) is 0 Å². The van der Waals surface area contributed by atoms with Gasteiger partial charge in [-0.25, -0.2) is 4.79 Å². The van der Waals surface area contributed by atoms with Crippen molar-refractivity contribution in [2.45, 2.75) is 65.2 Å². The van der Waals surface area contributed by atoms with Crippen LogP contribution in [-0.2, 0) is 22.4 Å². The quantitative estimate of drug-likeness (QED) is 0.319. The van der Waals surface area contributed by atoms with Crippen LogP contribution in [0, 0.1) is 0 Å². The van der Waals surface area contributed by atoms with Gasteiger partial charge >= 0.3 is 5.97 Å². The van der Waals surface area contributed by atoms with Crippen LogP contribution in [0.5, 0.6) is 0 Å². The third-order valence-corrected chi connectivity index (χ3v) is 6.54. The van der Waals surface area contributed by atoms with Crippen LogP contribution in [0.15, 0.2) is 30.3 Å². The molecule has 0 unspecified atom stereocenters. The second kappa shape index (κ2) is 10.6. The Labute approximate surface area is 183 Å². The number of ether oxygens (including phenoxy) is 1. The highest BCUT2D eigenvalue weighted by Gasteiger charge is 2.26. The van der Waals surface area contributed by atoms with E-state index >= 15 is 0 Å². The Morgan fingerprint density at radius 2 is 1.87 bits per heavy atom. The monoisotopic (exact) mass is 425 g/mol. The fraction of sp³-hybridized carbons (Fsp3) is 0.440. The van der Waals surface area contributed by atoms with Gasteiger partial charge in [-0.1, -0.05) is 51.5 Å². The molecule has 1 amide bonds. The number of hydrogen-bond acceptors (Lipinski definition) is 4. The minimum absolute atomic E-state index is 0.233. The van der Waals surface area contributed by atoms with Crippen molar-refractivity contribution in [3.05, 3.63) is 57.5 Å². The van der Waals surface area contributed by atoms with Crippen LogP contribution >= 0.6 is 11.3 Å². The van der Waals surface area contributed by atoms with Gasteiger partial charge < -0.3 is 10.1 Å². The third kappa shape index (κ3) is 5.60. The molecule has 30 heavy (non-hydrogen) atoms. The highest BCUT2D eigenvalue weighted by Crippen LogP contribution is 2.38. The van der Waals surface area contributed by atoms with Gasteiger partial charge in [-0.05, 0) is 60.8 Å². The maximum atomic E-state index is 12.7. The molecular weight excluding hydrogens is 394 g/mol. The number of hydrogen-bond donors (Lipinski definition) is 1. The van der Waals surface area contributed by atoms with Gasteiger partial charge in [-0.3, -0.25) is 4.79 Å². The number of nitrogens with one attached hydrogen (secondary N) is 1. The van der Waals surface area contributed by atoms with E-state index in [2.05, 4.69) is 31.3 Å². The van der Waals surface area contributed by atoms with E-state index in [0.29, 0.717) is 23.1 Å². The van der Waals surface area contributed by atoms with Gasteiger partial charge in [-0.2, -0.15) is 0 Å². The molecule has 1 aromatic carbocycles. The lowest BCUT2D eigenvalue weighted by atomic mass is 10.0. The Kier molecular flexibility index (Phi) is 7.86. The summed E-state index contributed by atoms with van der Waals surface area (Å²) in [6.07, 6.45) is 9.29. The van der Waals surface area contributed by atoms with E-state index in [-0.39, 0.29) is 11.9 Å². The van der Waals surface area contributed by atoms with Gasteiger partial charge in [-0.15, -0.1) is 11.3 Å². The Bertz CT molecular complexity index is 909. The highest BCUT2D eigenvalue weighted by atomic mass is 32.1. The van der Waals surface area contributed by atoms with E-state index < -0.39 is 0 Å². The number of amides is 1. The normalized spacial score (nSPS) is 13.9. The molecule has 0 atom stereocenters. The fourth-order valence-corrected chi connectivity index (χ4v) is 4.91. The van der Waals surface area contributed by atoms with Crippen molar-refractivity contribution >= 4 is 34.3 Å². The molecule has 1 heterocycles. The molecular formula is C25H31NO3S. The number of esters is 1. The SMILES string of the molecule is CCCOC(=O)c1c(NC(=O)C=Cc2ccc(C(C)C)cc2)sc2c1CCCCC2. The largest absolute Gasteiger partial charge is 0.462 e. The van der Waals surface area contributed by atoms with Crippen molar-refractivity contribution in [3.8, 4) is 0 Å². The van der Waals surface area contributed by atoms with Gasteiger partial charge in [0.15, 0.2) is 0 Å². The van der Waals surface area contributed by atoms with Gasteiger partial charge in [0, 0.05) is 11.0 Å². The predicted molar refractivity (Wildman–Crippen MR) is 124 cm³/mol. The Hall–Kier alpha value is -2.40. The lowest BCUT2D eigenvalue weighted by molar-refractivity contribution is -0.111. The number of anilines is 1. The van der Waals surface area contributed by atoms with Crippen molar-refractivity contribution in [3.63, 3.8) is 0 Å². The highest BCUT2D eigenvalue weighted by molar-refractivity contribution is 7.17. The molecule has 0 spiro atoms. The average molecular weight is 426 g/mol. The maximum Gasteiger partial charge on any atom is 0.341 e. The molecule has 0 saturated carbocycles. The minimum atomic E-state index is -0.320. The summed E-state index contributed by atoms with van der Waals surface area (Å²) in [7, 11) is 0. The van der Waals surface area contributed by atoms with Gasteiger partial charge in [0.2, 0.25) is 5.91 Å². The number of benzene rings is 1. The van der Waals surface area contributed by atoms with Crippen LogP contribution in [0.1, 0.15) is 84.3 Å². The van der Waals surface area contributed by atoms with Crippen molar-refractivity contribution in [1.82, 2.24) is 0 Å². The lowest BCUT2D eigenvalue weighted by Gasteiger charge is -2.08. The molecule has 2 aromatic rings. The summed E-state index contributed by atoms with van der Waals surface area (Å²) in [4.78, 5) is 26.5. The summed E-state index contributed by atoms with van der Waals surface area (Å²) >= 11 is 1.53. The molecule has 0 radical (unpaired) electrons. The first-order valence-electron chi connectivity index (χ1n) is 10.9. The summed E-state index contributed by atoms with van der Waals surface area (Å²) < 4.78 is 5.42. The fourth-order valence-electron chi connectivity index (χ4n) is 3.63. The number of carbonyl (C=O) groups is 2. The zero-order valence-corrected chi connectivity index (χ0v) is 18.9. The lowest BCUT2D eigenvalue weighted by Crippen LogP contribution is -2.13. The van der Waals surface area contributed by atoms with E-state index in [1.165, 1.54) is 34.3 Å². The summed E-state index contributed by atoms with van der Waals surface area (Å²) in [5.41, 5.74) is 3.88. The number of rotatable bonds is 7. The molecule has 5 heteroatoms. The van der Waals surface area contributed by atoms with E-state index in [0.717, 1.165) is 43.2 Å². The molecule has 0 aliphatic heterocycles. The first-order chi connectivity index (χ1) is 14.5. The van der Waals surface area contributed by atoms with Crippen LogP contribution < -0.4 is 5.32 Å². The zero-order valence-electron chi connectivity index (χ0n) is 18.1. The molecule has 4 nitrogen and oxygen atoms in total. The van der Waals surface area contributed by atoms with Gasteiger partial charge in [0.1, 0.15) is 5.00 Å². The van der Waals surface area contributed by atoms with Crippen LogP contribution in [0.2, 0.25) is 0 Å². The van der Waals surface area contributed by atoms with Gasteiger partial charge in [0.25, 0.3) is 0 Å². The van der Waals surface area contributed by atoms with Crippen molar-refractivity contribution in [2.75, 3.05) is 11.9 Å². The Morgan fingerprint density at radius 3 is 2.57 bits per heavy atom. The van der Waals surface area contributed by atoms with Crippen LogP contribution in [-0.4, -0.2) is 18.5 Å². The molecule has 1 aromatic heterocycles. The standard InChI is InChI=1S/C25H31NO3S/c1-4-16-29-25(28)23-20-8-6-5-7-9-21(20)30-24(23)26-22(27)15-12-18-10-13-19(14-11-18)17(2)3/h10-15,17H,4-9,16H2,1-3H3,(H,26,27).